The Morgan fingerprint density at radius 3 is 1.86 bits per heavy atom. The fourth-order valence-electron chi connectivity index (χ4n) is 2.61. The first-order valence-corrected chi connectivity index (χ1v) is 10.6. The third-order valence-corrected chi connectivity index (χ3v) is 6.64. The molecule has 1 amide bonds. The molecule has 4 nitrogen and oxygen atoms in total. The molecule has 0 heterocycles. The largest absolute Gasteiger partial charge is 0.272 e. The topological polar surface area (TPSA) is 54.5 Å². The smallest absolute Gasteiger partial charge is 0.268 e. The van der Waals surface area contributed by atoms with Gasteiger partial charge in [-0.25, -0.2) is 8.42 Å². The number of nitrogens with zero attached hydrogens (tertiary/aromatic N) is 1. The number of carbonyl (C=O) groups is 1. The molecule has 3 aromatic rings. The number of anilines is 1. The summed E-state index contributed by atoms with van der Waals surface area (Å²) in [5, 5.41) is 0.450. The van der Waals surface area contributed by atoms with Crippen molar-refractivity contribution in [1.29, 1.82) is 0 Å². The molecule has 0 saturated heterocycles. The molecule has 0 aliphatic carbocycles. The summed E-state index contributed by atoms with van der Waals surface area (Å²) < 4.78 is 27.5. The Morgan fingerprint density at radius 1 is 0.786 bits per heavy atom. The van der Waals surface area contributed by atoms with Crippen LogP contribution in [0.4, 0.5) is 5.69 Å². The van der Waals surface area contributed by atoms with Crippen LogP contribution in [0, 0.1) is 13.8 Å². The van der Waals surface area contributed by atoms with Crippen LogP contribution in [0.1, 0.15) is 21.5 Å². The molecule has 7 heteroatoms. The van der Waals surface area contributed by atoms with Crippen LogP contribution in [-0.4, -0.2) is 14.3 Å². The van der Waals surface area contributed by atoms with Gasteiger partial charge in [-0.2, -0.15) is 4.31 Å². The minimum absolute atomic E-state index is 0.0204. The van der Waals surface area contributed by atoms with Gasteiger partial charge in [0.25, 0.3) is 15.9 Å². The molecule has 0 N–H and O–H groups in total. The van der Waals surface area contributed by atoms with Crippen LogP contribution in [0.2, 0.25) is 10.0 Å². The summed E-state index contributed by atoms with van der Waals surface area (Å²) in [4.78, 5) is 13.2. The van der Waals surface area contributed by atoms with Gasteiger partial charge < -0.3 is 0 Å². The van der Waals surface area contributed by atoms with E-state index in [1.54, 1.807) is 36.4 Å². The Bertz CT molecular complexity index is 1130. The summed E-state index contributed by atoms with van der Waals surface area (Å²) in [5.41, 5.74) is 2.21. The second-order valence-electron chi connectivity index (χ2n) is 6.35. The zero-order valence-corrected chi connectivity index (χ0v) is 17.5. The summed E-state index contributed by atoms with van der Waals surface area (Å²) in [6.07, 6.45) is 0. The van der Waals surface area contributed by atoms with E-state index in [0.717, 1.165) is 15.4 Å². The van der Waals surface area contributed by atoms with Gasteiger partial charge in [-0.05, 0) is 56.3 Å². The first kappa shape index (κ1) is 20.4. The predicted octanol–water partition coefficient (Wildman–Crippen LogP) is 5.65. The summed E-state index contributed by atoms with van der Waals surface area (Å²) in [5.74, 6) is -0.719. The van der Waals surface area contributed by atoms with E-state index in [1.165, 1.54) is 30.3 Å². The van der Waals surface area contributed by atoms with Crippen molar-refractivity contribution < 1.29 is 13.2 Å². The van der Waals surface area contributed by atoms with E-state index in [2.05, 4.69) is 0 Å². The molecule has 28 heavy (non-hydrogen) atoms. The van der Waals surface area contributed by atoms with Gasteiger partial charge in [-0.3, -0.25) is 4.79 Å². The Kier molecular flexibility index (Phi) is 5.79. The van der Waals surface area contributed by atoms with E-state index < -0.39 is 15.9 Å². The number of hydrogen-bond donors (Lipinski definition) is 0. The predicted molar refractivity (Wildman–Crippen MR) is 113 cm³/mol. The van der Waals surface area contributed by atoms with Crippen molar-refractivity contribution in [2.24, 2.45) is 0 Å². The van der Waals surface area contributed by atoms with Crippen LogP contribution >= 0.6 is 23.2 Å². The molecule has 0 bridgehead atoms. The second-order valence-corrected chi connectivity index (χ2v) is 8.95. The quantitative estimate of drug-likeness (QED) is 0.534. The molecule has 0 fully saturated rings. The molecular formula is C21H17Cl2NO3S. The molecule has 0 aliphatic rings. The van der Waals surface area contributed by atoms with Gasteiger partial charge in [0.2, 0.25) is 0 Å². The lowest BCUT2D eigenvalue weighted by atomic mass is 10.2. The highest BCUT2D eigenvalue weighted by molar-refractivity contribution is 7.93. The minimum Gasteiger partial charge on any atom is -0.268 e. The average Bonchev–Trinajstić information content (AvgIpc) is 2.66. The maximum absolute atomic E-state index is 13.3. The van der Waals surface area contributed by atoms with Crippen molar-refractivity contribution in [1.82, 2.24) is 0 Å². The SMILES string of the molecule is Cc1ccc(N(C(=O)c2ccc(Cl)c(Cl)c2)S(=O)(=O)c2ccc(C)cc2)cc1. The van der Waals surface area contributed by atoms with Gasteiger partial charge >= 0.3 is 0 Å². The minimum atomic E-state index is -4.15. The zero-order chi connectivity index (χ0) is 20.5. The third kappa shape index (κ3) is 4.07. The summed E-state index contributed by atoms with van der Waals surface area (Å²) in [7, 11) is -4.15. The number of amides is 1. The molecule has 0 aromatic heterocycles. The summed E-state index contributed by atoms with van der Waals surface area (Å²) in [6.45, 7) is 3.73. The van der Waals surface area contributed by atoms with Crippen molar-refractivity contribution >= 4 is 44.8 Å². The lowest BCUT2D eigenvalue weighted by molar-refractivity contribution is 0.101. The molecule has 0 spiro atoms. The highest BCUT2D eigenvalue weighted by Gasteiger charge is 2.32. The maximum Gasteiger partial charge on any atom is 0.272 e. The van der Waals surface area contributed by atoms with E-state index >= 15 is 0 Å². The number of hydrogen-bond acceptors (Lipinski definition) is 3. The van der Waals surface area contributed by atoms with E-state index in [-0.39, 0.29) is 26.2 Å². The molecule has 0 atom stereocenters. The number of sulfonamides is 1. The van der Waals surface area contributed by atoms with Gasteiger partial charge in [-0.15, -0.1) is 0 Å². The van der Waals surface area contributed by atoms with Gasteiger partial charge in [-0.1, -0.05) is 58.6 Å². The Balaban J connectivity index is 2.17. The Hall–Kier alpha value is -2.34. The zero-order valence-electron chi connectivity index (χ0n) is 15.2. The molecule has 0 saturated carbocycles. The molecule has 0 aliphatic heterocycles. The van der Waals surface area contributed by atoms with Gasteiger partial charge in [0, 0.05) is 5.56 Å². The maximum atomic E-state index is 13.3. The number of benzene rings is 3. The van der Waals surface area contributed by atoms with Crippen molar-refractivity contribution in [3.8, 4) is 0 Å². The van der Waals surface area contributed by atoms with Crippen LogP contribution < -0.4 is 4.31 Å². The molecule has 0 unspecified atom stereocenters. The number of carbonyl (C=O) groups excluding carboxylic acids is 1. The number of rotatable bonds is 4. The van der Waals surface area contributed by atoms with E-state index in [0.29, 0.717) is 0 Å². The number of halogens is 2. The Labute approximate surface area is 174 Å². The van der Waals surface area contributed by atoms with Crippen molar-refractivity contribution in [3.05, 3.63) is 93.5 Å². The van der Waals surface area contributed by atoms with Crippen LogP contribution in [0.3, 0.4) is 0 Å². The second kappa shape index (κ2) is 7.95. The number of aryl methyl sites for hydroxylation is 2. The molecule has 0 radical (unpaired) electrons. The van der Waals surface area contributed by atoms with Crippen LogP contribution in [0.25, 0.3) is 0 Å². The van der Waals surface area contributed by atoms with Gasteiger partial charge in [0.15, 0.2) is 0 Å². The molecule has 144 valence electrons. The van der Waals surface area contributed by atoms with Gasteiger partial charge in [0.05, 0.1) is 20.6 Å². The van der Waals surface area contributed by atoms with Crippen LogP contribution in [-0.2, 0) is 10.0 Å². The van der Waals surface area contributed by atoms with Crippen LogP contribution in [0.15, 0.2) is 71.6 Å². The molecule has 3 rings (SSSR count). The van der Waals surface area contributed by atoms with Crippen molar-refractivity contribution in [3.63, 3.8) is 0 Å². The van der Waals surface area contributed by atoms with E-state index in [1.807, 2.05) is 13.8 Å². The first-order valence-electron chi connectivity index (χ1n) is 8.38. The standard InChI is InChI=1S/C21H17Cl2NO3S/c1-14-3-8-17(9-4-14)24(21(25)16-7-12-19(22)20(23)13-16)28(26,27)18-10-5-15(2)6-11-18/h3-13H,1-2H3. The van der Waals surface area contributed by atoms with Gasteiger partial charge in [0.1, 0.15) is 0 Å². The molecular weight excluding hydrogens is 417 g/mol. The lowest BCUT2D eigenvalue weighted by Gasteiger charge is -2.23. The van der Waals surface area contributed by atoms with Crippen molar-refractivity contribution in [2.75, 3.05) is 4.31 Å². The fraction of sp³-hybridized carbons (Fsp3) is 0.0952. The van der Waals surface area contributed by atoms with Crippen molar-refractivity contribution in [2.45, 2.75) is 18.7 Å². The monoisotopic (exact) mass is 433 g/mol. The van der Waals surface area contributed by atoms with E-state index in [9.17, 15) is 13.2 Å². The highest BCUT2D eigenvalue weighted by Crippen LogP contribution is 2.29. The van der Waals surface area contributed by atoms with E-state index in [4.69, 9.17) is 23.2 Å². The fourth-order valence-corrected chi connectivity index (χ4v) is 4.32. The lowest BCUT2D eigenvalue weighted by Crippen LogP contribution is -2.37. The first-order chi connectivity index (χ1) is 13.2. The highest BCUT2D eigenvalue weighted by atomic mass is 35.5. The molecule has 3 aromatic carbocycles. The third-order valence-electron chi connectivity index (χ3n) is 4.18. The summed E-state index contributed by atoms with van der Waals surface area (Å²) >= 11 is 12.0. The average molecular weight is 434 g/mol. The Morgan fingerprint density at radius 2 is 1.32 bits per heavy atom. The normalized spacial score (nSPS) is 11.3. The summed E-state index contributed by atoms with van der Waals surface area (Å²) in [6, 6.07) is 17.3. The van der Waals surface area contributed by atoms with Crippen LogP contribution in [0.5, 0.6) is 0 Å².